The first-order valence-electron chi connectivity index (χ1n) is 22.4. The highest BCUT2D eigenvalue weighted by Crippen LogP contribution is 2.68. The lowest BCUT2D eigenvalue weighted by Gasteiger charge is -2.45. The van der Waals surface area contributed by atoms with E-state index in [9.17, 15) is 0 Å². The van der Waals surface area contributed by atoms with E-state index in [1.54, 1.807) is 0 Å². The number of hydrogen-bond donors (Lipinski definition) is 0. The molecule has 1 aliphatic heterocycles. The summed E-state index contributed by atoms with van der Waals surface area (Å²) in [4.78, 5) is 12.7. The van der Waals surface area contributed by atoms with Crippen LogP contribution in [-0.2, 0) is 10.8 Å². The van der Waals surface area contributed by atoms with Crippen LogP contribution in [0, 0.1) is 6.92 Å². The van der Waals surface area contributed by atoms with Crippen molar-refractivity contribution in [3.8, 4) is 39.3 Å². The number of anilines is 3. The Morgan fingerprint density at radius 2 is 1.05 bits per heavy atom. The van der Waals surface area contributed by atoms with Crippen LogP contribution in [0.4, 0.5) is 17.1 Å². The molecule has 4 heteroatoms. The van der Waals surface area contributed by atoms with E-state index in [-0.39, 0.29) is 0 Å². The molecule has 4 nitrogen and oxygen atoms in total. The van der Waals surface area contributed by atoms with Gasteiger partial charge in [-0.2, -0.15) is 0 Å². The molecular weight excluding hydrogens is 789 g/mol. The molecular formula is C61H40N4. The minimum Gasteiger partial charge on any atom is -0.313 e. The highest BCUT2D eigenvalue weighted by atomic mass is 15.2. The van der Waals surface area contributed by atoms with Crippen LogP contribution in [0.15, 0.2) is 213 Å². The zero-order valence-corrected chi connectivity index (χ0v) is 35.7. The number of nitrogens with zero attached hydrogens (tertiary/aromatic N) is 4. The zero-order valence-electron chi connectivity index (χ0n) is 35.7. The van der Waals surface area contributed by atoms with Crippen LogP contribution in [0.2, 0.25) is 0 Å². The third-order valence-corrected chi connectivity index (χ3v) is 14.9. The van der Waals surface area contributed by atoms with Gasteiger partial charge in [0.05, 0.1) is 39.1 Å². The molecule has 0 radical (unpaired) electrons. The molecule has 0 saturated carbocycles. The Balaban J connectivity index is 1.14. The van der Waals surface area contributed by atoms with Gasteiger partial charge in [0.25, 0.3) is 0 Å². The number of fused-ring (bicyclic) bond motifs is 20. The van der Waals surface area contributed by atoms with Gasteiger partial charge >= 0.3 is 0 Å². The maximum atomic E-state index is 5.09. The standard InChI is InChI=1S/C61H40N4/c1-3-4-20-41-38(2)64(55-29-14-10-23-45(41)55)40-31-32-44-46-36-54-57(37-53(46)60(52(44)35-40)47-24-11-8-21-42(47)43-22-9-12-25-48(43)60)65(39-18-6-5-7-19-39)56-30-15-13-26-49(56)61(54)50-27-16-33-62-58(50)59-51(61)28-17-34-63-59/h3-37H,1H2,2H3/b20-4-. The third-order valence-electron chi connectivity index (χ3n) is 14.9. The first-order valence-corrected chi connectivity index (χ1v) is 22.4. The second kappa shape index (κ2) is 13.1. The van der Waals surface area contributed by atoms with Gasteiger partial charge in [-0.25, -0.2) is 0 Å². The second-order valence-corrected chi connectivity index (χ2v) is 17.7. The molecule has 0 fully saturated rings. The number of rotatable bonds is 4. The van der Waals surface area contributed by atoms with Gasteiger partial charge in [-0.3, -0.25) is 9.97 Å². The predicted molar refractivity (Wildman–Crippen MR) is 265 cm³/mol. The molecule has 0 atom stereocenters. The van der Waals surface area contributed by atoms with Crippen LogP contribution < -0.4 is 4.90 Å². The quantitative estimate of drug-likeness (QED) is 0.166. The highest BCUT2D eigenvalue weighted by Gasteiger charge is 2.57. The van der Waals surface area contributed by atoms with Crippen molar-refractivity contribution in [2.24, 2.45) is 0 Å². The number of para-hydroxylation sites is 3. The van der Waals surface area contributed by atoms with Crippen LogP contribution in [0.1, 0.15) is 55.8 Å². The fourth-order valence-electron chi connectivity index (χ4n) is 12.5. The molecule has 3 aliphatic carbocycles. The van der Waals surface area contributed by atoms with Gasteiger partial charge in [-0.05, 0) is 134 Å². The van der Waals surface area contributed by atoms with Gasteiger partial charge in [-0.15, -0.1) is 0 Å². The predicted octanol–water partition coefficient (Wildman–Crippen LogP) is 14.4. The summed E-state index contributed by atoms with van der Waals surface area (Å²) >= 11 is 0. The number of pyridine rings is 2. The van der Waals surface area contributed by atoms with Crippen molar-refractivity contribution in [2.45, 2.75) is 17.8 Å². The molecule has 14 rings (SSSR count). The largest absolute Gasteiger partial charge is 0.313 e. The first kappa shape index (κ1) is 36.2. The van der Waals surface area contributed by atoms with E-state index in [0.29, 0.717) is 0 Å². The van der Waals surface area contributed by atoms with E-state index in [0.717, 1.165) is 45.3 Å². The van der Waals surface area contributed by atoms with Gasteiger partial charge in [0.1, 0.15) is 0 Å². The summed E-state index contributed by atoms with van der Waals surface area (Å²) in [6, 6.07) is 68.0. The van der Waals surface area contributed by atoms with Gasteiger partial charge in [-0.1, -0.05) is 146 Å². The zero-order chi connectivity index (χ0) is 43.0. The number of aromatic nitrogens is 3. The maximum Gasteiger partial charge on any atom is 0.0937 e. The van der Waals surface area contributed by atoms with Crippen LogP contribution >= 0.6 is 0 Å². The monoisotopic (exact) mass is 828 g/mol. The summed E-state index contributed by atoms with van der Waals surface area (Å²) in [5.74, 6) is 0. The average molecular weight is 829 g/mol. The van der Waals surface area contributed by atoms with E-state index in [2.05, 4.69) is 211 Å². The average Bonchev–Trinajstić information content (AvgIpc) is 4.03. The summed E-state index contributed by atoms with van der Waals surface area (Å²) in [6.45, 7) is 6.23. The van der Waals surface area contributed by atoms with Crippen molar-refractivity contribution in [1.29, 1.82) is 0 Å². The molecule has 0 N–H and O–H groups in total. The van der Waals surface area contributed by atoms with Crippen molar-refractivity contribution >= 4 is 34.0 Å². The molecule has 7 aromatic carbocycles. The van der Waals surface area contributed by atoms with E-state index >= 15 is 0 Å². The van der Waals surface area contributed by atoms with Gasteiger partial charge in [0.2, 0.25) is 0 Å². The van der Waals surface area contributed by atoms with E-state index < -0.39 is 10.8 Å². The summed E-state index contributed by atoms with van der Waals surface area (Å²) in [7, 11) is 0. The SMILES string of the molecule is C=C/C=C\c1c(C)n(-c2ccc3c(c2)C2(c4ccccc4-c4ccccc42)c2cc4c(cc2-3)C2(c3ccccc3N4c3ccccc3)c3cccnc3-c3ncccc32)c2ccccc12. The first-order chi connectivity index (χ1) is 32.2. The minimum absolute atomic E-state index is 0.605. The van der Waals surface area contributed by atoms with E-state index in [4.69, 9.17) is 9.97 Å². The fraction of sp³-hybridized carbons (Fsp3) is 0.0492. The molecule has 0 unspecified atom stereocenters. The summed E-state index contributed by atoms with van der Waals surface area (Å²) in [6.07, 6.45) is 9.90. The van der Waals surface area contributed by atoms with Crippen molar-refractivity contribution in [3.63, 3.8) is 0 Å². The number of allylic oxidation sites excluding steroid dienone is 2. The van der Waals surface area contributed by atoms with Crippen molar-refractivity contribution < 1.29 is 0 Å². The highest BCUT2D eigenvalue weighted by molar-refractivity contribution is 6.01. The molecule has 0 amide bonds. The van der Waals surface area contributed by atoms with Gasteiger partial charge < -0.3 is 9.47 Å². The van der Waals surface area contributed by atoms with E-state index in [1.165, 1.54) is 77.8 Å². The Morgan fingerprint density at radius 3 is 1.77 bits per heavy atom. The smallest absolute Gasteiger partial charge is 0.0937 e. The molecule has 10 aromatic rings. The number of hydrogen-bond acceptors (Lipinski definition) is 3. The normalized spacial score (nSPS) is 14.8. The number of benzene rings is 7. The summed E-state index contributed by atoms with van der Waals surface area (Å²) < 4.78 is 2.45. The Bertz CT molecular complexity index is 3630. The molecule has 4 aliphatic rings. The van der Waals surface area contributed by atoms with Gasteiger partial charge in [0.15, 0.2) is 0 Å². The Kier molecular flexibility index (Phi) is 7.29. The Hall–Kier alpha value is -8.34. The summed E-state index contributed by atoms with van der Waals surface area (Å²) in [5.41, 5.74) is 23.7. The lowest BCUT2D eigenvalue weighted by molar-refractivity contribution is 0.744. The topological polar surface area (TPSA) is 34.0 Å². The van der Waals surface area contributed by atoms with Gasteiger partial charge in [0, 0.05) is 40.4 Å². The van der Waals surface area contributed by atoms with E-state index in [1.807, 2.05) is 24.5 Å². The molecule has 304 valence electrons. The van der Waals surface area contributed by atoms with Crippen LogP contribution in [0.3, 0.4) is 0 Å². The molecule has 4 heterocycles. The van der Waals surface area contributed by atoms with Crippen molar-refractivity contribution in [3.05, 3.63) is 269 Å². The summed E-state index contributed by atoms with van der Waals surface area (Å²) in [5, 5.41) is 1.22. The van der Waals surface area contributed by atoms with Crippen LogP contribution in [-0.4, -0.2) is 14.5 Å². The lowest BCUT2D eigenvalue weighted by Crippen LogP contribution is -2.37. The molecule has 0 bridgehead atoms. The third kappa shape index (κ3) is 4.41. The minimum atomic E-state index is -0.683. The molecule has 65 heavy (non-hydrogen) atoms. The van der Waals surface area contributed by atoms with Crippen LogP contribution in [0.25, 0.3) is 56.3 Å². The maximum absolute atomic E-state index is 5.09. The molecule has 0 saturated heterocycles. The lowest BCUT2D eigenvalue weighted by atomic mass is 9.63. The van der Waals surface area contributed by atoms with Crippen molar-refractivity contribution in [2.75, 3.05) is 4.90 Å². The van der Waals surface area contributed by atoms with Crippen molar-refractivity contribution in [1.82, 2.24) is 14.5 Å². The van der Waals surface area contributed by atoms with Crippen LogP contribution in [0.5, 0.6) is 0 Å². The molecule has 2 spiro atoms. The second-order valence-electron chi connectivity index (χ2n) is 17.7. The Labute approximate surface area is 377 Å². The Morgan fingerprint density at radius 1 is 0.462 bits per heavy atom. The molecule has 3 aromatic heterocycles. The fourth-order valence-corrected chi connectivity index (χ4v) is 12.5.